The molecule has 6 nitrogen and oxygen atoms in total. The fourth-order valence-corrected chi connectivity index (χ4v) is 3.33. The number of amides is 1. The number of carboxylic acid groups (broad SMARTS) is 1. The zero-order valence-electron chi connectivity index (χ0n) is 15.5. The van der Waals surface area contributed by atoms with Gasteiger partial charge < -0.3 is 15.2 Å². The molecule has 1 heterocycles. The average Bonchev–Trinajstić information content (AvgIpc) is 3.01. The predicted molar refractivity (Wildman–Crippen MR) is 111 cm³/mol. The van der Waals surface area contributed by atoms with E-state index < -0.39 is 12.1 Å². The van der Waals surface area contributed by atoms with E-state index in [0.717, 1.165) is 17.7 Å². The van der Waals surface area contributed by atoms with Crippen LogP contribution in [0.1, 0.15) is 25.0 Å². The lowest BCUT2D eigenvalue weighted by Crippen LogP contribution is -2.22. The van der Waals surface area contributed by atoms with Gasteiger partial charge in [0.05, 0.1) is 10.6 Å². The zero-order chi connectivity index (χ0) is 20.1. The van der Waals surface area contributed by atoms with Crippen LogP contribution < -0.4 is 10.1 Å². The summed E-state index contributed by atoms with van der Waals surface area (Å²) in [4.78, 5) is 28.1. The van der Waals surface area contributed by atoms with E-state index in [0.29, 0.717) is 15.8 Å². The van der Waals surface area contributed by atoms with Crippen molar-refractivity contribution < 1.29 is 19.4 Å². The molecule has 28 heavy (non-hydrogen) atoms. The van der Waals surface area contributed by atoms with Crippen molar-refractivity contribution in [1.82, 2.24) is 5.32 Å². The second-order valence-electron chi connectivity index (χ2n) is 6.17. The van der Waals surface area contributed by atoms with E-state index in [1.807, 2.05) is 30.3 Å². The van der Waals surface area contributed by atoms with Crippen LogP contribution in [0.25, 0.3) is 6.08 Å². The highest BCUT2D eigenvalue weighted by Crippen LogP contribution is 2.29. The SMILES string of the molecule is CCc1ccc(N=C2NC(=O)/C(=C\c3cccc(OC(C)C(=O)O)c3)S2)cc1. The van der Waals surface area contributed by atoms with Gasteiger partial charge in [0, 0.05) is 0 Å². The van der Waals surface area contributed by atoms with Gasteiger partial charge in [-0.05, 0) is 66.6 Å². The van der Waals surface area contributed by atoms with Crippen LogP contribution >= 0.6 is 11.8 Å². The number of thioether (sulfide) groups is 1. The van der Waals surface area contributed by atoms with E-state index in [2.05, 4.69) is 17.2 Å². The molecule has 1 aliphatic rings. The molecule has 0 saturated carbocycles. The molecule has 0 aliphatic carbocycles. The Morgan fingerprint density at radius 3 is 2.71 bits per heavy atom. The normalized spacial score (nSPS) is 17.6. The van der Waals surface area contributed by atoms with Crippen LogP contribution in [-0.4, -0.2) is 28.3 Å². The Kier molecular flexibility index (Phi) is 6.16. The van der Waals surface area contributed by atoms with Crippen LogP contribution in [-0.2, 0) is 16.0 Å². The van der Waals surface area contributed by atoms with Crippen LogP contribution in [0.5, 0.6) is 5.75 Å². The van der Waals surface area contributed by atoms with E-state index in [4.69, 9.17) is 9.84 Å². The van der Waals surface area contributed by atoms with Crippen LogP contribution in [0.3, 0.4) is 0 Å². The largest absolute Gasteiger partial charge is 0.479 e. The number of aliphatic carboxylic acids is 1. The standard InChI is InChI=1S/C21H20N2O4S/c1-3-14-7-9-16(10-8-14)22-21-23-19(24)18(28-21)12-15-5-4-6-17(11-15)27-13(2)20(25)26/h4-13H,3H2,1-2H3,(H,25,26)(H,22,23,24)/b18-12+. The highest BCUT2D eigenvalue weighted by Gasteiger charge is 2.24. The number of amidine groups is 1. The third-order valence-electron chi connectivity index (χ3n) is 4.04. The molecule has 2 aromatic carbocycles. The number of carboxylic acids is 1. The highest BCUT2D eigenvalue weighted by molar-refractivity contribution is 8.18. The topological polar surface area (TPSA) is 88.0 Å². The summed E-state index contributed by atoms with van der Waals surface area (Å²) in [6.45, 7) is 3.55. The molecule has 2 N–H and O–H groups in total. The molecule has 0 aromatic heterocycles. The number of nitrogens with zero attached hydrogens (tertiary/aromatic N) is 1. The Bertz CT molecular complexity index is 951. The van der Waals surface area contributed by atoms with Gasteiger partial charge in [0.25, 0.3) is 5.91 Å². The zero-order valence-corrected chi connectivity index (χ0v) is 16.3. The van der Waals surface area contributed by atoms with Crippen molar-refractivity contribution in [3.8, 4) is 5.75 Å². The van der Waals surface area contributed by atoms with E-state index in [-0.39, 0.29) is 5.91 Å². The van der Waals surface area contributed by atoms with Gasteiger partial charge in [0.2, 0.25) is 0 Å². The van der Waals surface area contributed by atoms with Gasteiger partial charge >= 0.3 is 5.97 Å². The third kappa shape index (κ3) is 5.01. The maximum atomic E-state index is 12.2. The molecule has 1 amide bonds. The van der Waals surface area contributed by atoms with Gasteiger partial charge in [0.15, 0.2) is 11.3 Å². The highest BCUT2D eigenvalue weighted by atomic mass is 32.2. The molecule has 7 heteroatoms. The number of carbonyl (C=O) groups excluding carboxylic acids is 1. The second-order valence-corrected chi connectivity index (χ2v) is 7.20. The summed E-state index contributed by atoms with van der Waals surface area (Å²) in [6.07, 6.45) is 1.73. The fraction of sp³-hybridized carbons (Fsp3) is 0.190. The Morgan fingerprint density at radius 1 is 1.29 bits per heavy atom. The Hall–Kier alpha value is -3.06. The minimum atomic E-state index is -1.04. The molecule has 1 atom stereocenters. The molecule has 2 aromatic rings. The summed E-state index contributed by atoms with van der Waals surface area (Å²) in [5.74, 6) is -0.834. The van der Waals surface area contributed by atoms with Gasteiger partial charge in [-0.3, -0.25) is 4.79 Å². The minimum absolute atomic E-state index is 0.223. The molecular formula is C21H20N2O4S. The summed E-state index contributed by atoms with van der Waals surface area (Å²) < 4.78 is 5.37. The fourth-order valence-electron chi connectivity index (χ4n) is 2.49. The van der Waals surface area contributed by atoms with E-state index >= 15 is 0 Å². The molecule has 1 saturated heterocycles. The minimum Gasteiger partial charge on any atom is -0.479 e. The molecule has 1 fully saturated rings. The van der Waals surface area contributed by atoms with Gasteiger partial charge in [-0.15, -0.1) is 0 Å². The van der Waals surface area contributed by atoms with Crippen molar-refractivity contribution in [3.05, 3.63) is 64.6 Å². The molecule has 144 valence electrons. The lowest BCUT2D eigenvalue weighted by atomic mass is 10.2. The first-order valence-corrected chi connectivity index (χ1v) is 9.64. The van der Waals surface area contributed by atoms with Gasteiger partial charge in [-0.25, -0.2) is 9.79 Å². The molecular weight excluding hydrogens is 376 g/mol. The number of ether oxygens (including phenoxy) is 1. The molecule has 3 rings (SSSR count). The van der Waals surface area contributed by atoms with Crippen LogP contribution in [0.4, 0.5) is 5.69 Å². The molecule has 1 aliphatic heterocycles. The quantitative estimate of drug-likeness (QED) is 0.721. The number of aliphatic imine (C=N–C) groups is 1. The van der Waals surface area contributed by atoms with Crippen molar-refractivity contribution in [1.29, 1.82) is 0 Å². The van der Waals surface area contributed by atoms with Crippen LogP contribution in [0, 0.1) is 0 Å². The smallest absolute Gasteiger partial charge is 0.344 e. The summed E-state index contributed by atoms with van der Waals surface area (Å²) in [5, 5.41) is 12.2. The maximum absolute atomic E-state index is 12.2. The van der Waals surface area contributed by atoms with Gasteiger partial charge in [0.1, 0.15) is 5.75 Å². The Morgan fingerprint density at radius 2 is 2.04 bits per heavy atom. The van der Waals surface area contributed by atoms with Crippen LogP contribution in [0.15, 0.2) is 58.4 Å². The van der Waals surface area contributed by atoms with E-state index in [1.165, 1.54) is 24.2 Å². The number of carbonyl (C=O) groups is 2. The van der Waals surface area contributed by atoms with Crippen molar-refractivity contribution in [2.24, 2.45) is 4.99 Å². The molecule has 0 radical (unpaired) electrons. The van der Waals surface area contributed by atoms with E-state index in [9.17, 15) is 9.59 Å². The summed E-state index contributed by atoms with van der Waals surface area (Å²) in [5.41, 5.74) is 2.74. The van der Waals surface area contributed by atoms with Gasteiger partial charge in [-0.2, -0.15) is 0 Å². The Labute approximate surface area is 167 Å². The summed E-state index contributed by atoms with van der Waals surface area (Å²) >= 11 is 1.26. The predicted octanol–water partition coefficient (Wildman–Crippen LogP) is 3.99. The third-order valence-corrected chi connectivity index (χ3v) is 4.95. The van der Waals surface area contributed by atoms with Crippen LogP contribution in [0.2, 0.25) is 0 Å². The first-order valence-electron chi connectivity index (χ1n) is 8.82. The average molecular weight is 396 g/mol. The number of aryl methyl sites for hydroxylation is 1. The first-order chi connectivity index (χ1) is 13.4. The van der Waals surface area contributed by atoms with Crippen molar-refractivity contribution in [3.63, 3.8) is 0 Å². The number of nitrogens with one attached hydrogen (secondary N) is 1. The number of hydrogen-bond donors (Lipinski definition) is 2. The Balaban J connectivity index is 1.75. The maximum Gasteiger partial charge on any atom is 0.344 e. The van der Waals surface area contributed by atoms with Gasteiger partial charge in [-0.1, -0.05) is 31.2 Å². The second kappa shape index (κ2) is 8.75. The number of hydrogen-bond acceptors (Lipinski definition) is 5. The molecule has 0 bridgehead atoms. The van der Waals surface area contributed by atoms with Crippen molar-refractivity contribution >= 4 is 40.6 Å². The lowest BCUT2D eigenvalue weighted by Gasteiger charge is -2.10. The summed E-state index contributed by atoms with van der Waals surface area (Å²) in [6, 6.07) is 14.8. The number of rotatable bonds is 6. The summed E-state index contributed by atoms with van der Waals surface area (Å²) in [7, 11) is 0. The van der Waals surface area contributed by atoms with E-state index in [1.54, 1.807) is 24.3 Å². The monoisotopic (exact) mass is 396 g/mol. The first kappa shape index (κ1) is 19.7. The van der Waals surface area contributed by atoms with Crippen molar-refractivity contribution in [2.45, 2.75) is 26.4 Å². The van der Waals surface area contributed by atoms with Crippen molar-refractivity contribution in [2.75, 3.05) is 0 Å². The molecule has 1 unspecified atom stereocenters. The lowest BCUT2D eigenvalue weighted by molar-refractivity contribution is -0.144. The molecule has 0 spiro atoms. The number of benzene rings is 2.